The SMILES string of the molecule is C1CNC2=C(C1)CN2. The molecule has 2 nitrogen and oxygen atoms in total. The summed E-state index contributed by atoms with van der Waals surface area (Å²) in [6, 6.07) is 0. The minimum atomic E-state index is 1.13. The van der Waals surface area contributed by atoms with E-state index in [1.807, 2.05) is 0 Å². The highest BCUT2D eigenvalue weighted by molar-refractivity contribution is 5.24. The molecule has 0 aromatic rings. The number of rotatable bonds is 0. The summed E-state index contributed by atoms with van der Waals surface area (Å²) in [5.41, 5.74) is 1.59. The quantitative estimate of drug-likeness (QED) is 0.465. The molecule has 2 heterocycles. The van der Waals surface area contributed by atoms with E-state index in [1.165, 1.54) is 18.7 Å². The smallest absolute Gasteiger partial charge is 0.0998 e. The van der Waals surface area contributed by atoms with Gasteiger partial charge in [0.25, 0.3) is 0 Å². The predicted octanol–water partition coefficient (Wildman–Crippen LogP) is 0.185. The molecule has 0 aliphatic carbocycles. The van der Waals surface area contributed by atoms with Crippen molar-refractivity contribution in [3.63, 3.8) is 0 Å². The average molecular weight is 110 g/mol. The van der Waals surface area contributed by atoms with Gasteiger partial charge in [-0.2, -0.15) is 0 Å². The van der Waals surface area contributed by atoms with Crippen LogP contribution in [-0.2, 0) is 0 Å². The van der Waals surface area contributed by atoms with E-state index in [9.17, 15) is 0 Å². The number of hydrogen-bond acceptors (Lipinski definition) is 2. The van der Waals surface area contributed by atoms with Crippen LogP contribution in [0.5, 0.6) is 0 Å². The molecule has 0 aromatic heterocycles. The molecule has 0 atom stereocenters. The molecule has 8 heavy (non-hydrogen) atoms. The van der Waals surface area contributed by atoms with Gasteiger partial charge in [0.1, 0.15) is 0 Å². The van der Waals surface area contributed by atoms with E-state index in [4.69, 9.17) is 0 Å². The summed E-state index contributed by atoms with van der Waals surface area (Å²) in [5.74, 6) is 1.32. The molecule has 0 aromatic carbocycles. The van der Waals surface area contributed by atoms with Gasteiger partial charge in [0, 0.05) is 13.1 Å². The largest absolute Gasteiger partial charge is 0.372 e. The molecule has 2 N–H and O–H groups in total. The van der Waals surface area contributed by atoms with Crippen molar-refractivity contribution in [1.29, 1.82) is 0 Å². The molecule has 0 bridgehead atoms. The van der Waals surface area contributed by atoms with Crippen LogP contribution in [0.4, 0.5) is 0 Å². The van der Waals surface area contributed by atoms with Gasteiger partial charge in [-0.15, -0.1) is 0 Å². The molecule has 0 saturated heterocycles. The van der Waals surface area contributed by atoms with Crippen LogP contribution in [0.3, 0.4) is 0 Å². The van der Waals surface area contributed by atoms with Gasteiger partial charge in [-0.05, 0) is 18.4 Å². The molecule has 0 fully saturated rings. The fourth-order valence-electron chi connectivity index (χ4n) is 1.22. The highest BCUT2D eigenvalue weighted by Crippen LogP contribution is 2.17. The first kappa shape index (κ1) is 4.24. The standard InChI is InChI=1S/C6H10N2/c1-2-5-4-8-6(5)7-3-1/h7-8H,1-4H2. The summed E-state index contributed by atoms with van der Waals surface area (Å²) < 4.78 is 0. The van der Waals surface area contributed by atoms with E-state index >= 15 is 0 Å². The third-order valence-electron chi connectivity index (χ3n) is 1.79. The first-order valence-corrected chi connectivity index (χ1v) is 3.16. The maximum atomic E-state index is 3.29. The molecule has 0 spiro atoms. The van der Waals surface area contributed by atoms with Crippen molar-refractivity contribution in [2.24, 2.45) is 0 Å². The zero-order chi connectivity index (χ0) is 5.40. The molecule has 2 heteroatoms. The summed E-state index contributed by atoms with van der Waals surface area (Å²) in [4.78, 5) is 0. The summed E-state index contributed by atoms with van der Waals surface area (Å²) in [5, 5.41) is 6.50. The van der Waals surface area contributed by atoms with Crippen molar-refractivity contribution in [3.05, 3.63) is 11.4 Å². The van der Waals surface area contributed by atoms with Crippen LogP contribution in [0.15, 0.2) is 11.4 Å². The topological polar surface area (TPSA) is 24.1 Å². The van der Waals surface area contributed by atoms with E-state index < -0.39 is 0 Å². The van der Waals surface area contributed by atoms with Crippen molar-refractivity contribution in [2.75, 3.05) is 13.1 Å². The van der Waals surface area contributed by atoms with Crippen LogP contribution in [0.25, 0.3) is 0 Å². The maximum absolute atomic E-state index is 3.29. The van der Waals surface area contributed by atoms with Gasteiger partial charge in [-0.25, -0.2) is 0 Å². The fourth-order valence-corrected chi connectivity index (χ4v) is 1.22. The lowest BCUT2D eigenvalue weighted by Gasteiger charge is -2.31. The molecule has 2 rings (SSSR count). The average Bonchev–Trinajstić information content (AvgIpc) is 1.72. The van der Waals surface area contributed by atoms with Gasteiger partial charge in [-0.1, -0.05) is 0 Å². The monoisotopic (exact) mass is 110 g/mol. The molecule has 0 saturated carbocycles. The van der Waals surface area contributed by atoms with Gasteiger partial charge in [-0.3, -0.25) is 0 Å². The second-order valence-corrected chi connectivity index (χ2v) is 2.36. The third kappa shape index (κ3) is 0.427. The molecule has 0 radical (unpaired) electrons. The number of nitrogens with one attached hydrogen (secondary N) is 2. The highest BCUT2D eigenvalue weighted by Gasteiger charge is 2.18. The first-order valence-electron chi connectivity index (χ1n) is 3.16. The summed E-state index contributed by atoms with van der Waals surface area (Å²) in [6.45, 7) is 2.29. The van der Waals surface area contributed by atoms with Gasteiger partial charge < -0.3 is 10.6 Å². The second-order valence-electron chi connectivity index (χ2n) is 2.36. The second kappa shape index (κ2) is 1.41. The molecule has 0 amide bonds. The minimum absolute atomic E-state index is 1.13. The molecular weight excluding hydrogens is 100 g/mol. The Bertz CT molecular complexity index is 121. The van der Waals surface area contributed by atoms with Gasteiger partial charge in [0.15, 0.2) is 0 Å². The van der Waals surface area contributed by atoms with Crippen LogP contribution in [0.1, 0.15) is 12.8 Å². The van der Waals surface area contributed by atoms with E-state index in [1.54, 1.807) is 5.57 Å². The van der Waals surface area contributed by atoms with Crippen molar-refractivity contribution >= 4 is 0 Å². The van der Waals surface area contributed by atoms with Crippen LogP contribution in [-0.4, -0.2) is 13.1 Å². The van der Waals surface area contributed by atoms with Crippen LogP contribution < -0.4 is 10.6 Å². The van der Waals surface area contributed by atoms with E-state index in [0.29, 0.717) is 0 Å². The Morgan fingerprint density at radius 1 is 1.25 bits per heavy atom. The Morgan fingerprint density at radius 2 is 2.25 bits per heavy atom. The summed E-state index contributed by atoms with van der Waals surface area (Å²) >= 11 is 0. The minimum Gasteiger partial charge on any atom is -0.372 e. The van der Waals surface area contributed by atoms with Crippen molar-refractivity contribution in [1.82, 2.24) is 10.6 Å². The van der Waals surface area contributed by atoms with E-state index in [0.717, 1.165) is 13.1 Å². The predicted molar refractivity (Wildman–Crippen MR) is 32.3 cm³/mol. The number of hydrogen-bond donors (Lipinski definition) is 2. The van der Waals surface area contributed by atoms with Crippen molar-refractivity contribution < 1.29 is 0 Å². The molecular formula is C6H10N2. The van der Waals surface area contributed by atoms with Crippen LogP contribution in [0.2, 0.25) is 0 Å². The van der Waals surface area contributed by atoms with E-state index in [-0.39, 0.29) is 0 Å². The fraction of sp³-hybridized carbons (Fsp3) is 0.667. The maximum Gasteiger partial charge on any atom is 0.0998 e. The Balaban J connectivity index is 2.18. The van der Waals surface area contributed by atoms with Crippen molar-refractivity contribution in [3.8, 4) is 0 Å². The lowest BCUT2D eigenvalue weighted by molar-refractivity contribution is 0.535. The Labute approximate surface area is 49.0 Å². The molecule has 2 aliphatic heterocycles. The van der Waals surface area contributed by atoms with Crippen molar-refractivity contribution in [2.45, 2.75) is 12.8 Å². The molecule has 2 aliphatic rings. The van der Waals surface area contributed by atoms with Gasteiger partial charge >= 0.3 is 0 Å². The first-order chi connectivity index (χ1) is 3.97. The van der Waals surface area contributed by atoms with Crippen LogP contribution >= 0.6 is 0 Å². The Morgan fingerprint density at radius 3 is 2.62 bits per heavy atom. The summed E-state index contributed by atoms with van der Waals surface area (Å²) in [7, 11) is 0. The van der Waals surface area contributed by atoms with E-state index in [2.05, 4.69) is 10.6 Å². The van der Waals surface area contributed by atoms with Gasteiger partial charge in [0.2, 0.25) is 0 Å². The van der Waals surface area contributed by atoms with Gasteiger partial charge in [0.05, 0.1) is 5.82 Å². The lowest BCUT2D eigenvalue weighted by atomic mass is 10.0. The normalized spacial score (nSPS) is 25.0. The zero-order valence-electron chi connectivity index (χ0n) is 4.83. The lowest BCUT2D eigenvalue weighted by Crippen LogP contribution is -2.42. The highest BCUT2D eigenvalue weighted by atomic mass is 15.1. The molecule has 44 valence electrons. The van der Waals surface area contributed by atoms with Crippen LogP contribution in [0, 0.1) is 0 Å². The third-order valence-corrected chi connectivity index (χ3v) is 1.79. The molecule has 0 unspecified atom stereocenters. The summed E-state index contributed by atoms with van der Waals surface area (Å²) in [6.07, 6.45) is 2.63. The Kier molecular flexibility index (Phi) is 0.745. The zero-order valence-corrected chi connectivity index (χ0v) is 4.83. The Hall–Kier alpha value is -0.660.